The van der Waals surface area contributed by atoms with E-state index >= 15 is 0 Å². The summed E-state index contributed by atoms with van der Waals surface area (Å²) < 4.78 is 0. The summed E-state index contributed by atoms with van der Waals surface area (Å²) >= 11 is 0. The average Bonchev–Trinajstić information content (AvgIpc) is 2.20. The second-order valence-electron chi connectivity index (χ2n) is 3.31. The van der Waals surface area contributed by atoms with Crippen LogP contribution in [0.2, 0.25) is 0 Å². The zero-order valence-corrected chi connectivity index (χ0v) is 10.2. The molecule has 2 rings (SSSR count). The average molecular weight is 251 g/mol. The lowest BCUT2D eigenvalue weighted by Crippen LogP contribution is -2.50. The molecule has 86 valence electrons. The predicted molar refractivity (Wildman–Crippen MR) is 66.2 cm³/mol. The van der Waals surface area contributed by atoms with Gasteiger partial charge in [-0.25, -0.2) is 4.98 Å². The van der Waals surface area contributed by atoms with Crippen molar-refractivity contribution in [1.82, 2.24) is 15.3 Å². The lowest BCUT2D eigenvalue weighted by Gasteiger charge is -2.34. The molecule has 0 aliphatic carbocycles. The van der Waals surface area contributed by atoms with E-state index < -0.39 is 0 Å². The number of hydrogen-bond donors (Lipinski definition) is 1. The summed E-state index contributed by atoms with van der Waals surface area (Å²) in [7, 11) is 0. The van der Waals surface area contributed by atoms with E-state index in [1.807, 2.05) is 6.20 Å². The molecule has 0 radical (unpaired) electrons. The first kappa shape index (κ1) is 14.4. The third-order valence-corrected chi connectivity index (χ3v) is 2.35. The zero-order valence-electron chi connectivity index (χ0n) is 8.59. The quantitative estimate of drug-likeness (QED) is 0.812. The van der Waals surface area contributed by atoms with Gasteiger partial charge in [-0.2, -0.15) is 0 Å². The Morgan fingerprint density at radius 2 is 2.20 bits per heavy atom. The molecule has 1 saturated heterocycles. The number of hydrogen-bond acceptors (Lipinski definition) is 4. The summed E-state index contributed by atoms with van der Waals surface area (Å²) in [5, 5.41) is 3.34. The van der Waals surface area contributed by atoms with Crippen molar-refractivity contribution in [3.05, 3.63) is 18.6 Å². The van der Waals surface area contributed by atoms with Crippen LogP contribution in [0.25, 0.3) is 0 Å². The van der Waals surface area contributed by atoms with Crippen molar-refractivity contribution in [3.63, 3.8) is 0 Å². The molecule has 0 bridgehead atoms. The Kier molecular flexibility index (Phi) is 6.56. The van der Waals surface area contributed by atoms with Crippen LogP contribution in [0.3, 0.4) is 0 Å². The Morgan fingerprint density at radius 3 is 2.80 bits per heavy atom. The number of rotatable bonds is 1. The summed E-state index contributed by atoms with van der Waals surface area (Å²) in [5.74, 6) is 0.983. The first-order chi connectivity index (χ1) is 6.38. The highest BCUT2D eigenvalue weighted by Crippen LogP contribution is 2.12. The standard InChI is InChI=1S/C9H14N4.2ClH/c1-8-6-11-4-5-13(8)9-7-10-2-3-12-9;;/h2-3,7-8,11H,4-6H2,1H3;2*1H/t8-;;/m0../s1. The van der Waals surface area contributed by atoms with Crippen molar-refractivity contribution in [1.29, 1.82) is 0 Å². The number of aromatic nitrogens is 2. The van der Waals surface area contributed by atoms with Gasteiger partial charge in [-0.05, 0) is 6.92 Å². The molecule has 0 saturated carbocycles. The normalized spacial score (nSPS) is 20.1. The van der Waals surface area contributed by atoms with Crippen molar-refractivity contribution in [3.8, 4) is 0 Å². The van der Waals surface area contributed by atoms with E-state index in [2.05, 4.69) is 27.1 Å². The van der Waals surface area contributed by atoms with Crippen molar-refractivity contribution >= 4 is 30.6 Å². The first-order valence-corrected chi connectivity index (χ1v) is 4.61. The van der Waals surface area contributed by atoms with Gasteiger partial charge in [-0.1, -0.05) is 0 Å². The second kappa shape index (κ2) is 6.82. The van der Waals surface area contributed by atoms with Gasteiger partial charge in [-0.15, -0.1) is 24.8 Å². The Labute approximate surface area is 102 Å². The molecular formula is C9H16Cl2N4. The van der Waals surface area contributed by atoms with Gasteiger partial charge in [0.05, 0.1) is 6.20 Å². The number of nitrogens with zero attached hydrogens (tertiary/aromatic N) is 3. The first-order valence-electron chi connectivity index (χ1n) is 4.61. The van der Waals surface area contributed by atoms with E-state index in [-0.39, 0.29) is 24.8 Å². The van der Waals surface area contributed by atoms with Crippen molar-refractivity contribution in [2.45, 2.75) is 13.0 Å². The predicted octanol–water partition coefficient (Wildman–Crippen LogP) is 1.12. The molecule has 0 unspecified atom stereocenters. The van der Waals surface area contributed by atoms with Crippen molar-refractivity contribution in [2.24, 2.45) is 0 Å². The summed E-state index contributed by atoms with van der Waals surface area (Å²) in [6, 6.07) is 0.505. The van der Waals surface area contributed by atoms with Crippen LogP contribution in [0, 0.1) is 0 Å². The lowest BCUT2D eigenvalue weighted by molar-refractivity contribution is 0.496. The van der Waals surface area contributed by atoms with E-state index in [4.69, 9.17) is 0 Å². The highest BCUT2D eigenvalue weighted by atomic mass is 35.5. The molecule has 0 aromatic carbocycles. The largest absolute Gasteiger partial charge is 0.350 e. The van der Waals surface area contributed by atoms with Crippen LogP contribution in [0.15, 0.2) is 18.6 Å². The summed E-state index contributed by atoms with van der Waals surface area (Å²) in [6.45, 7) is 5.26. The van der Waals surface area contributed by atoms with E-state index in [0.29, 0.717) is 6.04 Å². The molecular weight excluding hydrogens is 235 g/mol. The van der Waals surface area contributed by atoms with Gasteiger partial charge >= 0.3 is 0 Å². The molecule has 2 heterocycles. The highest BCUT2D eigenvalue weighted by molar-refractivity contribution is 5.85. The minimum atomic E-state index is 0. The van der Waals surface area contributed by atoms with Crippen molar-refractivity contribution < 1.29 is 0 Å². The molecule has 1 fully saturated rings. The van der Waals surface area contributed by atoms with Crippen LogP contribution in [0.4, 0.5) is 5.82 Å². The molecule has 1 N–H and O–H groups in total. The van der Waals surface area contributed by atoms with Crippen molar-refractivity contribution in [2.75, 3.05) is 24.5 Å². The van der Waals surface area contributed by atoms with Crippen LogP contribution in [0.1, 0.15) is 6.92 Å². The minimum Gasteiger partial charge on any atom is -0.350 e. The third-order valence-electron chi connectivity index (χ3n) is 2.35. The van der Waals surface area contributed by atoms with E-state index in [0.717, 1.165) is 25.5 Å². The summed E-state index contributed by atoms with van der Waals surface area (Å²) in [5.41, 5.74) is 0. The maximum absolute atomic E-state index is 4.29. The Bertz CT molecular complexity index is 270. The van der Waals surface area contributed by atoms with Gasteiger partial charge < -0.3 is 10.2 Å². The monoisotopic (exact) mass is 250 g/mol. The lowest BCUT2D eigenvalue weighted by atomic mass is 10.2. The SMILES string of the molecule is C[C@H]1CNCCN1c1cnccn1.Cl.Cl. The van der Waals surface area contributed by atoms with E-state index in [1.54, 1.807) is 12.4 Å². The van der Waals surface area contributed by atoms with Gasteiger partial charge in [0.25, 0.3) is 0 Å². The maximum Gasteiger partial charge on any atom is 0.147 e. The van der Waals surface area contributed by atoms with Gasteiger partial charge in [-0.3, -0.25) is 4.98 Å². The smallest absolute Gasteiger partial charge is 0.147 e. The van der Waals surface area contributed by atoms with Crippen LogP contribution >= 0.6 is 24.8 Å². The number of piperazine rings is 1. The summed E-state index contributed by atoms with van der Waals surface area (Å²) in [6.07, 6.45) is 5.27. The van der Waals surface area contributed by atoms with Gasteiger partial charge in [0.1, 0.15) is 5.82 Å². The Balaban J connectivity index is 0.000000980. The van der Waals surface area contributed by atoms with E-state index in [1.165, 1.54) is 0 Å². The summed E-state index contributed by atoms with van der Waals surface area (Å²) in [4.78, 5) is 10.6. The Hall–Kier alpha value is -0.580. The van der Waals surface area contributed by atoms with E-state index in [9.17, 15) is 0 Å². The molecule has 1 aromatic heterocycles. The van der Waals surface area contributed by atoms with Gasteiger partial charge in [0, 0.05) is 38.1 Å². The van der Waals surface area contributed by atoms with Crippen LogP contribution < -0.4 is 10.2 Å². The third kappa shape index (κ3) is 3.48. The number of halogens is 2. The van der Waals surface area contributed by atoms with Gasteiger partial charge in [0.2, 0.25) is 0 Å². The van der Waals surface area contributed by atoms with Crippen LogP contribution in [0.5, 0.6) is 0 Å². The number of nitrogens with one attached hydrogen (secondary N) is 1. The maximum atomic E-state index is 4.29. The van der Waals surface area contributed by atoms with Crippen LogP contribution in [-0.4, -0.2) is 35.6 Å². The fourth-order valence-electron chi connectivity index (χ4n) is 1.62. The van der Waals surface area contributed by atoms with Crippen LogP contribution in [-0.2, 0) is 0 Å². The Morgan fingerprint density at radius 1 is 1.40 bits per heavy atom. The molecule has 1 aliphatic heterocycles. The second-order valence-corrected chi connectivity index (χ2v) is 3.31. The highest BCUT2D eigenvalue weighted by Gasteiger charge is 2.18. The molecule has 6 heteroatoms. The molecule has 4 nitrogen and oxygen atoms in total. The van der Waals surface area contributed by atoms with Gasteiger partial charge in [0.15, 0.2) is 0 Å². The molecule has 1 atom stereocenters. The minimum absolute atomic E-state index is 0. The molecule has 15 heavy (non-hydrogen) atoms. The molecule has 0 spiro atoms. The fraction of sp³-hybridized carbons (Fsp3) is 0.556. The number of anilines is 1. The topological polar surface area (TPSA) is 41.0 Å². The fourth-order valence-corrected chi connectivity index (χ4v) is 1.62. The molecule has 0 amide bonds. The molecule has 1 aliphatic rings. The molecule has 1 aromatic rings. The zero-order chi connectivity index (χ0) is 9.10.